The van der Waals surface area contributed by atoms with Gasteiger partial charge in [0, 0.05) is 16.3 Å². The summed E-state index contributed by atoms with van der Waals surface area (Å²) in [5, 5.41) is 2.63. The number of benzene rings is 2. The molecule has 0 saturated carbocycles. The second kappa shape index (κ2) is 5.75. The number of rotatable bonds is 3. The summed E-state index contributed by atoms with van der Waals surface area (Å²) in [6, 6.07) is 11.2. The lowest BCUT2D eigenvalue weighted by atomic mass is 10.1. The van der Waals surface area contributed by atoms with Crippen LogP contribution in [0.25, 0.3) is 0 Å². The number of hydrogen-bond acceptors (Lipinski definition) is 3. The van der Waals surface area contributed by atoms with Crippen molar-refractivity contribution in [3.63, 3.8) is 0 Å². The Hall–Kier alpha value is -2.01. The molecule has 0 aliphatic carbocycles. The maximum Gasteiger partial charge on any atom is 0.258 e. The zero-order valence-corrected chi connectivity index (χ0v) is 11.1. The molecule has 0 fully saturated rings. The third-order valence-corrected chi connectivity index (χ3v) is 3.33. The second-order valence-electron chi connectivity index (χ2n) is 3.92. The van der Waals surface area contributed by atoms with Crippen LogP contribution >= 0.6 is 11.8 Å². The van der Waals surface area contributed by atoms with Crippen LogP contribution in [0.1, 0.15) is 10.4 Å². The van der Waals surface area contributed by atoms with Crippen molar-refractivity contribution in [1.82, 2.24) is 0 Å². The number of nitrogen functional groups attached to an aromatic ring is 1. The van der Waals surface area contributed by atoms with Crippen molar-refractivity contribution in [3.8, 4) is 0 Å². The summed E-state index contributed by atoms with van der Waals surface area (Å²) >= 11 is 1.61. The van der Waals surface area contributed by atoms with Gasteiger partial charge >= 0.3 is 0 Å². The number of thioether (sulfide) groups is 1. The fourth-order valence-corrected chi connectivity index (χ4v) is 2.00. The summed E-state index contributed by atoms with van der Waals surface area (Å²) in [6.07, 6.45) is 1.97. The van der Waals surface area contributed by atoms with Gasteiger partial charge in [0.25, 0.3) is 5.91 Å². The summed E-state index contributed by atoms with van der Waals surface area (Å²) in [5.74, 6) is -1.10. The number of carbonyl (C=O) groups excluding carboxylic acids is 1. The molecule has 5 heteroatoms. The Kier molecular flexibility index (Phi) is 4.06. The van der Waals surface area contributed by atoms with E-state index in [1.54, 1.807) is 23.9 Å². The quantitative estimate of drug-likeness (QED) is 0.667. The van der Waals surface area contributed by atoms with E-state index in [-0.39, 0.29) is 5.56 Å². The van der Waals surface area contributed by atoms with E-state index in [1.807, 2.05) is 18.4 Å². The van der Waals surface area contributed by atoms with Crippen molar-refractivity contribution in [2.24, 2.45) is 0 Å². The average molecular weight is 276 g/mol. The highest BCUT2D eigenvalue weighted by atomic mass is 32.2. The first kappa shape index (κ1) is 13.4. The number of carbonyl (C=O) groups is 1. The molecule has 98 valence electrons. The summed E-state index contributed by atoms with van der Waals surface area (Å²) in [5.41, 5.74) is 6.45. The van der Waals surface area contributed by atoms with Gasteiger partial charge < -0.3 is 11.1 Å². The Bertz CT molecular complexity index is 599. The van der Waals surface area contributed by atoms with Gasteiger partial charge in [-0.2, -0.15) is 0 Å². The lowest BCUT2D eigenvalue weighted by Gasteiger charge is -2.07. The highest BCUT2D eigenvalue weighted by molar-refractivity contribution is 7.98. The molecular weight excluding hydrogens is 263 g/mol. The van der Waals surface area contributed by atoms with E-state index in [9.17, 15) is 9.18 Å². The maximum atomic E-state index is 13.5. The monoisotopic (exact) mass is 276 g/mol. The normalized spacial score (nSPS) is 10.2. The molecule has 0 bridgehead atoms. The van der Waals surface area contributed by atoms with Crippen molar-refractivity contribution in [1.29, 1.82) is 0 Å². The molecule has 0 unspecified atom stereocenters. The highest BCUT2D eigenvalue weighted by Crippen LogP contribution is 2.19. The standard InChI is InChI=1S/C14H13FN2OS/c1-19-11-5-3-10(4-6-11)17-14(18)12-8-9(16)2-7-13(12)15/h2-8H,16H2,1H3,(H,17,18). The van der Waals surface area contributed by atoms with E-state index in [4.69, 9.17) is 5.73 Å². The number of amides is 1. The van der Waals surface area contributed by atoms with Crippen LogP contribution in [0.4, 0.5) is 15.8 Å². The third kappa shape index (κ3) is 3.26. The number of nitrogens with two attached hydrogens (primary N) is 1. The zero-order chi connectivity index (χ0) is 13.8. The summed E-state index contributed by atoms with van der Waals surface area (Å²) in [4.78, 5) is 13.0. The fraction of sp³-hybridized carbons (Fsp3) is 0.0714. The number of anilines is 2. The van der Waals surface area contributed by atoms with Crippen LogP contribution in [-0.4, -0.2) is 12.2 Å². The van der Waals surface area contributed by atoms with Gasteiger partial charge in [-0.15, -0.1) is 11.8 Å². The van der Waals surface area contributed by atoms with E-state index >= 15 is 0 Å². The van der Waals surface area contributed by atoms with Crippen LogP contribution in [-0.2, 0) is 0 Å². The number of hydrogen-bond donors (Lipinski definition) is 2. The van der Waals surface area contributed by atoms with Crippen LogP contribution in [0.15, 0.2) is 47.4 Å². The van der Waals surface area contributed by atoms with Crippen molar-refractivity contribution < 1.29 is 9.18 Å². The van der Waals surface area contributed by atoms with Crippen molar-refractivity contribution in [2.45, 2.75) is 4.90 Å². The predicted molar refractivity (Wildman–Crippen MR) is 77.0 cm³/mol. The van der Waals surface area contributed by atoms with Crippen LogP contribution < -0.4 is 11.1 Å². The first-order chi connectivity index (χ1) is 9.10. The minimum Gasteiger partial charge on any atom is -0.399 e. The Morgan fingerprint density at radius 1 is 1.21 bits per heavy atom. The first-order valence-corrected chi connectivity index (χ1v) is 6.83. The van der Waals surface area contributed by atoms with Gasteiger partial charge in [-0.1, -0.05) is 0 Å². The van der Waals surface area contributed by atoms with Gasteiger partial charge in [-0.25, -0.2) is 4.39 Å². The summed E-state index contributed by atoms with van der Waals surface area (Å²) in [7, 11) is 0. The van der Waals surface area contributed by atoms with Crippen LogP contribution in [0.2, 0.25) is 0 Å². The van der Waals surface area contributed by atoms with Crippen LogP contribution in [0.5, 0.6) is 0 Å². The largest absolute Gasteiger partial charge is 0.399 e. The molecule has 3 N–H and O–H groups in total. The topological polar surface area (TPSA) is 55.1 Å². The van der Waals surface area contributed by atoms with Crippen molar-refractivity contribution >= 4 is 29.0 Å². The van der Waals surface area contributed by atoms with E-state index in [0.29, 0.717) is 11.4 Å². The van der Waals surface area contributed by atoms with Gasteiger partial charge in [0.05, 0.1) is 5.56 Å². The van der Waals surface area contributed by atoms with E-state index in [0.717, 1.165) is 4.90 Å². The Labute approximate surface area is 115 Å². The van der Waals surface area contributed by atoms with Crippen molar-refractivity contribution in [3.05, 3.63) is 53.8 Å². The zero-order valence-electron chi connectivity index (χ0n) is 10.3. The highest BCUT2D eigenvalue weighted by Gasteiger charge is 2.12. The minimum absolute atomic E-state index is 0.0612. The molecule has 19 heavy (non-hydrogen) atoms. The number of nitrogens with one attached hydrogen (secondary N) is 1. The molecule has 0 heterocycles. The SMILES string of the molecule is CSc1ccc(NC(=O)c2cc(N)ccc2F)cc1. The first-order valence-electron chi connectivity index (χ1n) is 5.60. The average Bonchev–Trinajstić information content (AvgIpc) is 2.42. The molecule has 0 atom stereocenters. The Morgan fingerprint density at radius 3 is 2.53 bits per heavy atom. The lowest BCUT2D eigenvalue weighted by Crippen LogP contribution is -2.14. The smallest absolute Gasteiger partial charge is 0.258 e. The molecule has 0 radical (unpaired) electrons. The third-order valence-electron chi connectivity index (χ3n) is 2.58. The minimum atomic E-state index is -0.590. The van der Waals surface area contributed by atoms with E-state index in [2.05, 4.69) is 5.32 Å². The predicted octanol–water partition coefficient (Wildman–Crippen LogP) is 3.38. The number of halogens is 1. The molecule has 2 rings (SSSR count). The summed E-state index contributed by atoms with van der Waals surface area (Å²) < 4.78 is 13.5. The van der Waals surface area contributed by atoms with Gasteiger partial charge in [-0.05, 0) is 48.7 Å². The maximum absolute atomic E-state index is 13.5. The Balaban J connectivity index is 2.18. The molecule has 2 aromatic rings. The van der Waals surface area contributed by atoms with Crippen LogP contribution in [0.3, 0.4) is 0 Å². The molecule has 0 saturated heterocycles. The van der Waals surface area contributed by atoms with Gasteiger partial charge in [-0.3, -0.25) is 4.79 Å². The second-order valence-corrected chi connectivity index (χ2v) is 4.80. The molecule has 0 aliphatic rings. The van der Waals surface area contributed by atoms with Gasteiger partial charge in [0.15, 0.2) is 0 Å². The van der Waals surface area contributed by atoms with Gasteiger partial charge in [0.1, 0.15) is 5.82 Å². The van der Waals surface area contributed by atoms with Crippen LogP contribution in [0, 0.1) is 5.82 Å². The van der Waals surface area contributed by atoms with Gasteiger partial charge in [0.2, 0.25) is 0 Å². The Morgan fingerprint density at radius 2 is 1.89 bits per heavy atom. The van der Waals surface area contributed by atoms with Crippen molar-refractivity contribution in [2.75, 3.05) is 17.3 Å². The fourth-order valence-electron chi connectivity index (χ4n) is 1.59. The van der Waals surface area contributed by atoms with E-state index < -0.39 is 11.7 Å². The molecule has 0 spiro atoms. The summed E-state index contributed by atoms with van der Waals surface area (Å²) in [6.45, 7) is 0. The molecular formula is C14H13FN2OS. The lowest BCUT2D eigenvalue weighted by molar-refractivity contribution is 0.102. The molecule has 3 nitrogen and oxygen atoms in total. The molecule has 1 amide bonds. The van der Waals surface area contributed by atoms with E-state index in [1.165, 1.54) is 18.2 Å². The molecule has 2 aromatic carbocycles. The molecule has 0 aromatic heterocycles. The molecule has 0 aliphatic heterocycles.